The van der Waals surface area contributed by atoms with Gasteiger partial charge in [0.25, 0.3) is 5.56 Å². The minimum absolute atomic E-state index is 0.0557. The van der Waals surface area contributed by atoms with Gasteiger partial charge in [-0.15, -0.1) is 0 Å². The van der Waals surface area contributed by atoms with E-state index in [0.29, 0.717) is 36.1 Å². The maximum atomic E-state index is 11.8. The molecule has 0 atom stereocenters. The number of allylic oxidation sites excluding steroid dienone is 4. The average molecular weight is 318 g/mol. The Morgan fingerprint density at radius 2 is 2.09 bits per heavy atom. The predicted octanol–water partition coefficient (Wildman–Crippen LogP) is 0.870. The van der Waals surface area contributed by atoms with Crippen LogP contribution in [0.15, 0.2) is 35.4 Å². The molecule has 1 aromatic rings. The van der Waals surface area contributed by atoms with Gasteiger partial charge in [0.1, 0.15) is 0 Å². The van der Waals surface area contributed by atoms with Gasteiger partial charge < -0.3 is 20.3 Å². The molecule has 0 bridgehead atoms. The van der Waals surface area contributed by atoms with Gasteiger partial charge in [-0.25, -0.2) is 4.98 Å². The summed E-state index contributed by atoms with van der Waals surface area (Å²) >= 11 is 0. The molecule has 2 rings (SSSR count). The first-order chi connectivity index (χ1) is 11.1. The van der Waals surface area contributed by atoms with Crippen molar-refractivity contribution in [1.29, 1.82) is 0 Å². The number of hydrogen-bond acceptors (Lipinski definition) is 5. The molecule has 0 unspecified atom stereocenters. The second-order valence-corrected chi connectivity index (χ2v) is 5.52. The van der Waals surface area contributed by atoms with Gasteiger partial charge in [0.05, 0.1) is 30.8 Å². The van der Waals surface area contributed by atoms with E-state index in [-0.39, 0.29) is 31.3 Å². The monoisotopic (exact) mass is 318 g/mol. The molecule has 0 amide bonds. The third-order valence-corrected chi connectivity index (χ3v) is 4.00. The number of aromatic nitrogens is 2. The van der Waals surface area contributed by atoms with Crippen LogP contribution in [0.2, 0.25) is 0 Å². The molecule has 0 aromatic carbocycles. The largest absolute Gasteiger partial charge is 0.396 e. The van der Waals surface area contributed by atoms with Crippen LogP contribution in [0.25, 0.3) is 11.1 Å². The molecular formula is C17H22N2O4. The Morgan fingerprint density at radius 3 is 2.74 bits per heavy atom. The van der Waals surface area contributed by atoms with Crippen LogP contribution in [0.1, 0.15) is 30.5 Å². The first kappa shape index (κ1) is 17.3. The Morgan fingerprint density at radius 1 is 1.35 bits per heavy atom. The van der Waals surface area contributed by atoms with Gasteiger partial charge in [-0.3, -0.25) is 4.79 Å². The quantitative estimate of drug-likeness (QED) is 0.532. The summed E-state index contributed by atoms with van der Waals surface area (Å²) in [4.78, 5) is 18.6. The topological polar surface area (TPSA) is 106 Å². The van der Waals surface area contributed by atoms with Crippen LogP contribution in [-0.4, -0.2) is 45.1 Å². The summed E-state index contributed by atoms with van der Waals surface area (Å²) < 4.78 is 0. The molecule has 4 N–H and O–H groups in total. The van der Waals surface area contributed by atoms with Crippen molar-refractivity contribution >= 4 is 11.1 Å². The van der Waals surface area contributed by atoms with E-state index in [1.165, 1.54) is 6.33 Å². The van der Waals surface area contributed by atoms with Crippen molar-refractivity contribution in [2.24, 2.45) is 5.92 Å². The van der Waals surface area contributed by atoms with Crippen LogP contribution >= 0.6 is 0 Å². The Labute approximate surface area is 134 Å². The second-order valence-electron chi connectivity index (χ2n) is 5.52. The number of aliphatic hydroxyl groups is 3. The molecule has 23 heavy (non-hydrogen) atoms. The fourth-order valence-electron chi connectivity index (χ4n) is 2.74. The zero-order valence-electron chi connectivity index (χ0n) is 13.0. The maximum absolute atomic E-state index is 11.8. The molecule has 1 aromatic heterocycles. The minimum Gasteiger partial charge on any atom is -0.396 e. The number of aliphatic hydroxyl groups excluding tert-OH is 3. The number of aromatic amines is 1. The maximum Gasteiger partial charge on any atom is 0.259 e. The fraction of sp³-hybridized carbons (Fsp3) is 0.412. The first-order valence-electron chi connectivity index (χ1n) is 7.61. The summed E-state index contributed by atoms with van der Waals surface area (Å²) in [5.74, 6) is -0.335. The predicted molar refractivity (Wildman–Crippen MR) is 88.6 cm³/mol. The second kappa shape index (κ2) is 8.01. The molecule has 0 saturated heterocycles. The highest BCUT2D eigenvalue weighted by Crippen LogP contribution is 2.33. The Hall–Kier alpha value is -2.02. The smallest absolute Gasteiger partial charge is 0.259 e. The van der Waals surface area contributed by atoms with E-state index in [9.17, 15) is 15.0 Å². The van der Waals surface area contributed by atoms with Gasteiger partial charge in [0.2, 0.25) is 0 Å². The van der Waals surface area contributed by atoms with E-state index in [1.807, 2.05) is 12.2 Å². The number of hydrogen-bond donors (Lipinski definition) is 4. The molecule has 0 fully saturated rings. The molecule has 0 spiro atoms. The van der Waals surface area contributed by atoms with Gasteiger partial charge in [0, 0.05) is 12.5 Å². The molecule has 6 heteroatoms. The summed E-state index contributed by atoms with van der Waals surface area (Å²) in [7, 11) is 0. The van der Waals surface area contributed by atoms with Crippen LogP contribution in [0.3, 0.4) is 0 Å². The highest BCUT2D eigenvalue weighted by atomic mass is 16.3. The van der Waals surface area contributed by atoms with E-state index in [1.54, 1.807) is 0 Å². The lowest BCUT2D eigenvalue weighted by Crippen LogP contribution is -2.15. The number of nitrogens with one attached hydrogen (secondary N) is 1. The van der Waals surface area contributed by atoms with Gasteiger partial charge in [-0.2, -0.15) is 0 Å². The van der Waals surface area contributed by atoms with E-state index in [4.69, 9.17) is 5.11 Å². The highest BCUT2D eigenvalue weighted by molar-refractivity contribution is 5.93. The number of H-pyrrole nitrogens is 1. The van der Waals surface area contributed by atoms with Crippen molar-refractivity contribution < 1.29 is 15.3 Å². The SMILES string of the molecule is C=C1C=C(C/C=C(/CCCO)C(CO)CO)c2nc[nH]c(=O)c21. The van der Waals surface area contributed by atoms with Crippen LogP contribution in [0.5, 0.6) is 0 Å². The van der Waals surface area contributed by atoms with Crippen molar-refractivity contribution in [3.05, 3.63) is 52.2 Å². The van der Waals surface area contributed by atoms with E-state index in [0.717, 1.165) is 11.1 Å². The minimum atomic E-state index is -0.335. The molecule has 1 aliphatic rings. The van der Waals surface area contributed by atoms with Crippen molar-refractivity contribution in [2.45, 2.75) is 19.3 Å². The molecule has 6 nitrogen and oxygen atoms in total. The van der Waals surface area contributed by atoms with Gasteiger partial charge in [0.15, 0.2) is 0 Å². The number of rotatable bonds is 8. The molecule has 0 saturated carbocycles. The van der Waals surface area contributed by atoms with E-state index in [2.05, 4.69) is 16.5 Å². The van der Waals surface area contributed by atoms with E-state index >= 15 is 0 Å². The van der Waals surface area contributed by atoms with Crippen molar-refractivity contribution in [3.8, 4) is 0 Å². The van der Waals surface area contributed by atoms with Gasteiger partial charge >= 0.3 is 0 Å². The molecule has 0 aliphatic heterocycles. The highest BCUT2D eigenvalue weighted by Gasteiger charge is 2.21. The first-order valence-corrected chi connectivity index (χ1v) is 7.61. The summed E-state index contributed by atoms with van der Waals surface area (Å²) in [6.45, 7) is 3.65. The van der Waals surface area contributed by atoms with Crippen LogP contribution in [-0.2, 0) is 0 Å². The third kappa shape index (κ3) is 3.85. The lowest BCUT2D eigenvalue weighted by molar-refractivity contribution is 0.167. The van der Waals surface area contributed by atoms with Crippen LogP contribution in [0, 0.1) is 5.92 Å². The Bertz CT molecular complexity index is 684. The van der Waals surface area contributed by atoms with Crippen molar-refractivity contribution in [3.63, 3.8) is 0 Å². The molecule has 124 valence electrons. The van der Waals surface area contributed by atoms with Crippen LogP contribution in [0.4, 0.5) is 0 Å². The molecular weight excluding hydrogens is 296 g/mol. The standard InChI is InChI=1S/C17H22N2O4/c1-11-7-13(16-15(11)17(23)19-10-18-16)5-4-12(3-2-6-20)14(8-21)9-22/h4,7,10,14,20-22H,1-3,5-6,8-9H2,(H,18,19,23)/b12-4-. The molecule has 1 aliphatic carbocycles. The molecule has 0 radical (unpaired) electrons. The fourth-order valence-corrected chi connectivity index (χ4v) is 2.74. The van der Waals surface area contributed by atoms with Gasteiger partial charge in [-0.05, 0) is 36.5 Å². The number of nitrogens with zero attached hydrogens (tertiary/aromatic N) is 1. The van der Waals surface area contributed by atoms with Crippen molar-refractivity contribution in [2.75, 3.05) is 19.8 Å². The summed E-state index contributed by atoms with van der Waals surface area (Å²) in [5.41, 5.74) is 3.32. The summed E-state index contributed by atoms with van der Waals surface area (Å²) in [6.07, 6.45) is 6.84. The van der Waals surface area contributed by atoms with Crippen molar-refractivity contribution in [1.82, 2.24) is 9.97 Å². The zero-order valence-corrected chi connectivity index (χ0v) is 13.0. The van der Waals surface area contributed by atoms with Gasteiger partial charge in [-0.1, -0.05) is 18.2 Å². The summed E-state index contributed by atoms with van der Waals surface area (Å²) in [5, 5.41) is 27.7. The zero-order chi connectivity index (χ0) is 16.8. The number of fused-ring (bicyclic) bond motifs is 1. The molecule has 1 heterocycles. The van der Waals surface area contributed by atoms with E-state index < -0.39 is 0 Å². The Balaban J connectivity index is 2.24. The lowest BCUT2D eigenvalue weighted by Gasteiger charge is -2.16. The third-order valence-electron chi connectivity index (χ3n) is 4.00. The van der Waals surface area contributed by atoms with Crippen LogP contribution < -0.4 is 5.56 Å². The average Bonchev–Trinajstić information content (AvgIpc) is 2.88. The summed E-state index contributed by atoms with van der Waals surface area (Å²) in [6, 6.07) is 0. The normalized spacial score (nSPS) is 14.3. The lowest BCUT2D eigenvalue weighted by atomic mass is 9.94. The Kier molecular flexibility index (Phi) is 6.04.